The van der Waals surface area contributed by atoms with Gasteiger partial charge >= 0.3 is 0 Å². The number of carbonyl (C=O) groups excluding carboxylic acids is 2. The molecule has 5 nitrogen and oxygen atoms in total. The molecule has 0 radical (unpaired) electrons. The van der Waals surface area contributed by atoms with Crippen molar-refractivity contribution in [3.05, 3.63) is 53.6 Å². The zero-order chi connectivity index (χ0) is 20.2. The Morgan fingerprint density at radius 2 is 1.93 bits per heavy atom. The summed E-state index contributed by atoms with van der Waals surface area (Å²) in [5.74, 6) is 0.834. The van der Waals surface area contributed by atoms with Gasteiger partial charge in [0.05, 0.1) is 5.69 Å². The molecule has 2 aromatic carbocycles. The number of nitrogens with zero attached hydrogens (tertiary/aromatic N) is 2. The highest BCUT2D eigenvalue weighted by atomic mass is 32.2. The Hall–Kier alpha value is -2.47. The third-order valence-corrected chi connectivity index (χ3v) is 6.62. The van der Waals surface area contributed by atoms with Gasteiger partial charge in [-0.2, -0.15) is 0 Å². The summed E-state index contributed by atoms with van der Waals surface area (Å²) in [4.78, 5) is 30.2. The largest absolute Gasteiger partial charge is 0.374 e. The van der Waals surface area contributed by atoms with Crippen LogP contribution in [0, 0.1) is 0 Å². The van der Waals surface area contributed by atoms with Crippen LogP contribution in [-0.4, -0.2) is 37.7 Å². The standard InChI is InChI=1S/C23H27N3O2S/c1-25-12-4-5-18-15-17(8-9-19(18)25)16-24-22(27)10-11-23(28)26-13-14-29-21-7-3-2-6-20(21)26/h2-3,6-9,15H,4-5,10-14,16H2,1H3,(H,24,27). The summed E-state index contributed by atoms with van der Waals surface area (Å²) in [7, 11) is 2.12. The molecule has 2 aromatic rings. The van der Waals surface area contributed by atoms with Crippen molar-refractivity contribution in [1.29, 1.82) is 0 Å². The minimum Gasteiger partial charge on any atom is -0.374 e. The SMILES string of the molecule is CN1CCCc2cc(CNC(=O)CCC(=O)N3CCSc4ccccc43)ccc21. The smallest absolute Gasteiger partial charge is 0.227 e. The molecule has 2 aliphatic rings. The molecule has 1 N–H and O–H groups in total. The maximum atomic E-state index is 12.7. The summed E-state index contributed by atoms with van der Waals surface area (Å²) in [6.45, 7) is 2.30. The second-order valence-electron chi connectivity index (χ2n) is 7.63. The maximum Gasteiger partial charge on any atom is 0.227 e. The lowest BCUT2D eigenvalue weighted by molar-refractivity contribution is -0.125. The molecule has 2 amide bonds. The Kier molecular flexibility index (Phi) is 6.09. The molecule has 0 unspecified atom stereocenters. The van der Waals surface area contributed by atoms with Crippen molar-refractivity contribution < 1.29 is 9.59 Å². The van der Waals surface area contributed by atoms with Crippen molar-refractivity contribution in [2.75, 3.05) is 35.7 Å². The number of hydrogen-bond acceptors (Lipinski definition) is 4. The van der Waals surface area contributed by atoms with E-state index in [1.165, 1.54) is 17.7 Å². The monoisotopic (exact) mass is 409 g/mol. The average molecular weight is 410 g/mol. The lowest BCUT2D eigenvalue weighted by Crippen LogP contribution is -2.36. The molecule has 2 heterocycles. The summed E-state index contributed by atoms with van der Waals surface area (Å²) in [6.07, 6.45) is 2.71. The van der Waals surface area contributed by atoms with E-state index < -0.39 is 0 Å². The fourth-order valence-electron chi connectivity index (χ4n) is 4.02. The van der Waals surface area contributed by atoms with Crippen LogP contribution in [0.4, 0.5) is 11.4 Å². The first-order valence-corrected chi connectivity index (χ1v) is 11.2. The molecule has 2 aliphatic heterocycles. The minimum atomic E-state index is -0.0761. The van der Waals surface area contributed by atoms with E-state index in [4.69, 9.17) is 0 Å². The van der Waals surface area contributed by atoms with Crippen LogP contribution in [0.3, 0.4) is 0 Å². The fraction of sp³-hybridized carbons (Fsp3) is 0.391. The molecule has 4 rings (SSSR count). The number of anilines is 2. The molecular weight excluding hydrogens is 382 g/mol. The van der Waals surface area contributed by atoms with E-state index in [-0.39, 0.29) is 24.7 Å². The number of thioether (sulfide) groups is 1. The average Bonchev–Trinajstić information content (AvgIpc) is 2.75. The lowest BCUT2D eigenvalue weighted by Gasteiger charge is -2.29. The fourth-order valence-corrected chi connectivity index (χ4v) is 5.02. The van der Waals surface area contributed by atoms with Gasteiger partial charge in [-0.25, -0.2) is 0 Å². The summed E-state index contributed by atoms with van der Waals surface area (Å²) in [5, 5.41) is 2.97. The van der Waals surface area contributed by atoms with Crippen molar-refractivity contribution in [2.24, 2.45) is 0 Å². The van der Waals surface area contributed by atoms with Gasteiger partial charge in [0.25, 0.3) is 0 Å². The number of carbonyl (C=O) groups is 2. The summed E-state index contributed by atoms with van der Waals surface area (Å²) >= 11 is 1.77. The molecule has 6 heteroatoms. The highest BCUT2D eigenvalue weighted by Gasteiger charge is 2.23. The van der Waals surface area contributed by atoms with Crippen molar-refractivity contribution in [3.8, 4) is 0 Å². The predicted molar refractivity (Wildman–Crippen MR) is 119 cm³/mol. The second-order valence-corrected chi connectivity index (χ2v) is 8.76. The molecule has 0 spiro atoms. The van der Waals surface area contributed by atoms with Gasteiger partial charge in [0, 0.05) is 55.9 Å². The first-order chi connectivity index (χ1) is 14.1. The number of nitrogens with one attached hydrogen (secondary N) is 1. The zero-order valence-corrected chi connectivity index (χ0v) is 17.6. The van der Waals surface area contributed by atoms with Crippen LogP contribution >= 0.6 is 11.8 Å². The Morgan fingerprint density at radius 3 is 2.83 bits per heavy atom. The number of rotatable bonds is 5. The van der Waals surface area contributed by atoms with E-state index >= 15 is 0 Å². The van der Waals surface area contributed by atoms with E-state index in [9.17, 15) is 9.59 Å². The molecule has 0 aliphatic carbocycles. The van der Waals surface area contributed by atoms with Crippen LogP contribution < -0.4 is 15.1 Å². The Balaban J connectivity index is 1.28. The third kappa shape index (κ3) is 4.58. The number of fused-ring (bicyclic) bond motifs is 2. The van der Waals surface area contributed by atoms with Crippen LogP contribution in [0.5, 0.6) is 0 Å². The molecule has 0 saturated heterocycles. The van der Waals surface area contributed by atoms with Crippen LogP contribution in [0.15, 0.2) is 47.4 Å². The number of amides is 2. The predicted octanol–water partition coefficient (Wildman–Crippen LogP) is 3.60. The normalized spacial score (nSPS) is 15.5. The molecular formula is C23H27N3O2S. The van der Waals surface area contributed by atoms with Crippen LogP contribution in [0.25, 0.3) is 0 Å². The molecule has 152 valence electrons. The van der Waals surface area contributed by atoms with Crippen LogP contribution in [0.2, 0.25) is 0 Å². The summed E-state index contributed by atoms with van der Waals surface area (Å²) in [5.41, 5.74) is 4.72. The molecule has 0 aromatic heterocycles. The van der Waals surface area contributed by atoms with Crippen molar-refractivity contribution in [1.82, 2.24) is 5.32 Å². The van der Waals surface area contributed by atoms with Crippen molar-refractivity contribution >= 4 is 35.0 Å². The summed E-state index contributed by atoms with van der Waals surface area (Å²) < 4.78 is 0. The topological polar surface area (TPSA) is 52.7 Å². The first kappa shape index (κ1) is 19.8. The summed E-state index contributed by atoms with van der Waals surface area (Å²) in [6, 6.07) is 14.4. The Morgan fingerprint density at radius 1 is 1.07 bits per heavy atom. The van der Waals surface area contributed by atoms with E-state index in [2.05, 4.69) is 35.5 Å². The van der Waals surface area contributed by atoms with Gasteiger partial charge in [-0.3, -0.25) is 9.59 Å². The van der Waals surface area contributed by atoms with E-state index in [1.807, 2.05) is 29.2 Å². The lowest BCUT2D eigenvalue weighted by atomic mass is 9.99. The van der Waals surface area contributed by atoms with Gasteiger partial charge in [0.2, 0.25) is 11.8 Å². The Bertz CT molecular complexity index is 915. The highest BCUT2D eigenvalue weighted by Crippen LogP contribution is 2.34. The quantitative estimate of drug-likeness (QED) is 0.820. The molecule has 0 atom stereocenters. The Labute approximate surface area is 176 Å². The van der Waals surface area contributed by atoms with Gasteiger partial charge in [-0.1, -0.05) is 24.3 Å². The van der Waals surface area contributed by atoms with Gasteiger partial charge in [0.1, 0.15) is 0 Å². The first-order valence-electron chi connectivity index (χ1n) is 10.2. The van der Waals surface area contributed by atoms with Gasteiger partial charge in [-0.05, 0) is 42.2 Å². The number of aryl methyl sites for hydroxylation is 1. The van der Waals surface area contributed by atoms with Gasteiger partial charge in [0.15, 0.2) is 0 Å². The van der Waals surface area contributed by atoms with E-state index in [0.29, 0.717) is 13.1 Å². The van der Waals surface area contributed by atoms with Gasteiger partial charge in [-0.15, -0.1) is 11.8 Å². The van der Waals surface area contributed by atoms with E-state index in [0.717, 1.165) is 34.9 Å². The maximum absolute atomic E-state index is 12.7. The third-order valence-electron chi connectivity index (χ3n) is 5.58. The highest BCUT2D eigenvalue weighted by molar-refractivity contribution is 7.99. The van der Waals surface area contributed by atoms with Crippen LogP contribution in [-0.2, 0) is 22.6 Å². The van der Waals surface area contributed by atoms with Gasteiger partial charge < -0.3 is 15.1 Å². The molecule has 0 bridgehead atoms. The molecule has 29 heavy (non-hydrogen) atoms. The number of benzene rings is 2. The van der Waals surface area contributed by atoms with Crippen molar-refractivity contribution in [2.45, 2.75) is 37.1 Å². The van der Waals surface area contributed by atoms with Crippen LogP contribution in [0.1, 0.15) is 30.4 Å². The number of para-hydroxylation sites is 1. The minimum absolute atomic E-state index is 0.0183. The van der Waals surface area contributed by atoms with E-state index in [1.54, 1.807) is 11.8 Å². The zero-order valence-electron chi connectivity index (χ0n) is 16.8. The second kappa shape index (κ2) is 8.91. The van der Waals surface area contributed by atoms with Crippen molar-refractivity contribution in [3.63, 3.8) is 0 Å². The number of hydrogen-bond donors (Lipinski definition) is 1. The molecule has 0 fully saturated rings. The molecule has 0 saturated carbocycles.